The molecule has 4 nitrogen and oxygen atoms in total. The van der Waals surface area contributed by atoms with Crippen molar-refractivity contribution >= 4 is 16.4 Å². The number of likely N-dealkylation sites (N-methyl/N-ethyl adjacent to an activating group) is 1. The highest BCUT2D eigenvalue weighted by atomic mass is 32.2. The second kappa shape index (κ2) is 9.88. The van der Waals surface area contributed by atoms with Gasteiger partial charge in [-0.05, 0) is 37.5 Å². The van der Waals surface area contributed by atoms with Crippen molar-refractivity contribution in [3.63, 3.8) is 0 Å². The van der Waals surface area contributed by atoms with Crippen LogP contribution >= 0.6 is 10.5 Å². The predicted octanol–water partition coefficient (Wildman–Crippen LogP) is 5.22. The fraction of sp³-hybridized carbons (Fsp3) is 0.370. The number of methoxy groups -OCH3 is 1. The summed E-state index contributed by atoms with van der Waals surface area (Å²) in [6.45, 7) is 5.44. The van der Waals surface area contributed by atoms with Crippen LogP contribution in [0.4, 0.5) is 0 Å². The van der Waals surface area contributed by atoms with E-state index in [1.165, 1.54) is 26.4 Å². The van der Waals surface area contributed by atoms with Crippen molar-refractivity contribution in [2.45, 2.75) is 44.4 Å². The van der Waals surface area contributed by atoms with Crippen molar-refractivity contribution in [1.29, 1.82) is 0 Å². The largest absolute Gasteiger partial charge is 0.497 e. The standard InChI is InChI=1S/C27H32N2O2S/c1-18-19(2)32(26(27(30)28-3)21-8-6-5-7-9-21)24-16-17-29-23(25(18)24)15-12-20-10-13-22(31-4)14-11-20/h5-11,13-14,23,26,29H,12,15-17H2,1-4H3/p+1. The summed E-state index contributed by atoms with van der Waals surface area (Å²) in [5.41, 5.74) is 5.25. The third-order valence-electron chi connectivity index (χ3n) is 6.62. The van der Waals surface area contributed by atoms with E-state index < -0.39 is 0 Å². The number of carbonyl (C=O) groups is 1. The van der Waals surface area contributed by atoms with Crippen molar-refractivity contribution in [2.75, 3.05) is 20.7 Å². The molecule has 4 rings (SSSR count). The number of aryl methyl sites for hydroxylation is 1. The molecule has 1 aliphatic heterocycles. The molecule has 0 saturated carbocycles. The van der Waals surface area contributed by atoms with Crippen LogP contribution in [-0.4, -0.2) is 26.6 Å². The van der Waals surface area contributed by atoms with Gasteiger partial charge in [-0.25, -0.2) is 0 Å². The molecule has 1 aromatic heterocycles. The van der Waals surface area contributed by atoms with Crippen LogP contribution in [-0.2, 0) is 17.6 Å². The Morgan fingerprint density at radius 2 is 1.88 bits per heavy atom. The van der Waals surface area contributed by atoms with Gasteiger partial charge in [-0.15, -0.1) is 0 Å². The van der Waals surface area contributed by atoms with Gasteiger partial charge in [0.1, 0.15) is 5.75 Å². The summed E-state index contributed by atoms with van der Waals surface area (Å²) in [7, 11) is 3.23. The summed E-state index contributed by atoms with van der Waals surface area (Å²) < 4.78 is 5.29. The van der Waals surface area contributed by atoms with Gasteiger partial charge in [0.2, 0.25) is 5.25 Å². The second-order valence-electron chi connectivity index (χ2n) is 8.40. The molecule has 0 aliphatic carbocycles. The van der Waals surface area contributed by atoms with Gasteiger partial charge in [-0.2, -0.15) is 0 Å². The molecule has 0 radical (unpaired) electrons. The highest BCUT2D eigenvalue weighted by Crippen LogP contribution is 2.51. The molecule has 2 heterocycles. The van der Waals surface area contributed by atoms with Gasteiger partial charge in [0.15, 0.2) is 9.75 Å². The number of benzene rings is 2. The molecule has 0 saturated heterocycles. The summed E-state index contributed by atoms with van der Waals surface area (Å²) in [4.78, 5) is 15.9. The van der Waals surface area contributed by atoms with E-state index in [9.17, 15) is 4.79 Å². The van der Waals surface area contributed by atoms with Crippen molar-refractivity contribution in [3.05, 3.63) is 86.6 Å². The van der Waals surface area contributed by atoms with Gasteiger partial charge in [0, 0.05) is 60.1 Å². The summed E-state index contributed by atoms with van der Waals surface area (Å²) in [6, 6.07) is 19.0. The van der Waals surface area contributed by atoms with Crippen LogP contribution in [0.2, 0.25) is 0 Å². The zero-order valence-corrected chi connectivity index (χ0v) is 20.2. The molecule has 3 atom stereocenters. The number of hydrogen-bond donors (Lipinski definition) is 2. The van der Waals surface area contributed by atoms with Crippen molar-refractivity contribution in [3.8, 4) is 5.75 Å². The molecule has 1 aliphatic rings. The molecule has 0 bridgehead atoms. The molecule has 3 unspecified atom stereocenters. The first-order valence-electron chi connectivity index (χ1n) is 11.3. The van der Waals surface area contributed by atoms with E-state index in [0.717, 1.165) is 37.1 Å². The van der Waals surface area contributed by atoms with Crippen LogP contribution in [0, 0.1) is 13.8 Å². The third-order valence-corrected chi connectivity index (χ3v) is 9.50. The molecular formula is C27H33N2O2S+. The molecular weight excluding hydrogens is 416 g/mol. The predicted molar refractivity (Wildman–Crippen MR) is 133 cm³/mol. The van der Waals surface area contributed by atoms with Gasteiger partial charge < -0.3 is 15.4 Å². The molecule has 5 heteroatoms. The number of hydrogen-bond acceptors (Lipinski definition) is 3. The fourth-order valence-corrected chi connectivity index (χ4v) is 7.91. The van der Waals surface area contributed by atoms with E-state index >= 15 is 0 Å². The number of nitrogens with one attached hydrogen (secondary N) is 2. The lowest BCUT2D eigenvalue weighted by Gasteiger charge is -2.24. The zero-order valence-electron chi connectivity index (χ0n) is 19.4. The molecule has 32 heavy (non-hydrogen) atoms. The van der Waals surface area contributed by atoms with Gasteiger partial charge in [-0.1, -0.05) is 42.5 Å². The SMILES string of the molecule is CNC(=O)C(c1ccccc1)[s+]1c(C)c(C)c2c1CCNC2CCc1ccc(OC)cc1. The first-order valence-corrected chi connectivity index (χ1v) is 12.6. The molecule has 2 N–H and O–H groups in total. The van der Waals surface area contributed by atoms with Crippen molar-refractivity contribution in [1.82, 2.24) is 10.6 Å². The Labute approximate surface area is 194 Å². The molecule has 2 aromatic carbocycles. The third kappa shape index (κ3) is 4.32. The van der Waals surface area contributed by atoms with E-state index in [0.29, 0.717) is 6.04 Å². The summed E-state index contributed by atoms with van der Waals surface area (Å²) in [5, 5.41) is 6.54. The lowest BCUT2D eigenvalue weighted by molar-refractivity contribution is -0.120. The Bertz CT molecular complexity index is 1070. The lowest BCUT2D eigenvalue weighted by Crippen LogP contribution is -2.30. The molecule has 1 amide bonds. The topological polar surface area (TPSA) is 50.4 Å². The molecule has 0 spiro atoms. The highest BCUT2D eigenvalue weighted by Gasteiger charge is 2.42. The van der Waals surface area contributed by atoms with Crippen LogP contribution in [0.1, 0.15) is 49.7 Å². The van der Waals surface area contributed by atoms with Crippen molar-refractivity contribution in [2.24, 2.45) is 0 Å². The number of rotatable bonds is 7. The van der Waals surface area contributed by atoms with Crippen LogP contribution in [0.5, 0.6) is 5.75 Å². The Kier molecular flexibility index (Phi) is 6.97. The first kappa shape index (κ1) is 22.6. The van der Waals surface area contributed by atoms with Crippen molar-refractivity contribution < 1.29 is 9.53 Å². The second-order valence-corrected chi connectivity index (χ2v) is 10.7. The minimum atomic E-state index is -0.220. The monoisotopic (exact) mass is 449 g/mol. The zero-order chi connectivity index (χ0) is 22.7. The van der Waals surface area contributed by atoms with E-state index in [4.69, 9.17) is 4.74 Å². The first-order chi connectivity index (χ1) is 15.5. The van der Waals surface area contributed by atoms with Crippen LogP contribution < -0.4 is 15.4 Å². The number of fused-ring (bicyclic) bond motifs is 1. The Morgan fingerprint density at radius 1 is 1.16 bits per heavy atom. The fourth-order valence-electron chi connectivity index (χ4n) is 4.85. The number of thiophene rings is 1. The van der Waals surface area contributed by atoms with Crippen LogP contribution in [0.15, 0.2) is 54.6 Å². The molecule has 3 aromatic rings. The summed E-state index contributed by atoms with van der Waals surface area (Å²) >= 11 is 0. The minimum absolute atomic E-state index is 0.105. The summed E-state index contributed by atoms with van der Waals surface area (Å²) in [5.74, 6) is 0.999. The molecule has 168 valence electrons. The van der Waals surface area contributed by atoms with Gasteiger partial charge in [0.05, 0.1) is 7.11 Å². The van der Waals surface area contributed by atoms with Crippen LogP contribution in [0.25, 0.3) is 0 Å². The Hall–Kier alpha value is -2.63. The highest BCUT2D eigenvalue weighted by molar-refractivity contribution is 7.34. The van der Waals surface area contributed by atoms with Gasteiger partial charge in [0.25, 0.3) is 5.91 Å². The van der Waals surface area contributed by atoms with Gasteiger partial charge in [-0.3, -0.25) is 4.79 Å². The van der Waals surface area contributed by atoms with E-state index in [1.54, 1.807) is 14.2 Å². The maximum absolute atomic E-state index is 13.1. The smallest absolute Gasteiger partial charge is 0.282 e. The lowest BCUT2D eigenvalue weighted by atomic mass is 9.92. The quantitative estimate of drug-likeness (QED) is 0.487. The maximum Gasteiger partial charge on any atom is 0.282 e. The van der Waals surface area contributed by atoms with E-state index in [1.807, 2.05) is 30.3 Å². The Morgan fingerprint density at radius 3 is 2.53 bits per heavy atom. The Balaban J connectivity index is 1.68. The van der Waals surface area contributed by atoms with E-state index in [-0.39, 0.29) is 21.6 Å². The minimum Gasteiger partial charge on any atom is -0.497 e. The average Bonchev–Trinajstić information content (AvgIpc) is 3.09. The number of carbonyl (C=O) groups excluding carboxylic acids is 1. The maximum atomic E-state index is 13.1. The normalized spacial score (nSPS) is 16.9. The van der Waals surface area contributed by atoms with E-state index in [2.05, 4.69) is 48.7 Å². The number of amides is 1. The van der Waals surface area contributed by atoms with Gasteiger partial charge >= 0.3 is 0 Å². The number of ether oxygens (including phenoxy) is 1. The average molecular weight is 450 g/mol. The van der Waals surface area contributed by atoms with Crippen LogP contribution in [0.3, 0.4) is 0 Å². The summed E-state index contributed by atoms with van der Waals surface area (Å²) in [6.07, 6.45) is 3.06. The molecule has 0 fully saturated rings.